The molecule has 0 aliphatic carbocycles. The summed E-state index contributed by atoms with van der Waals surface area (Å²) in [5.74, 6) is 0.807. The minimum Gasteiger partial charge on any atom is -0.497 e. The zero-order chi connectivity index (χ0) is 17.5. The highest BCUT2D eigenvalue weighted by atomic mass is 16.5. The monoisotopic (exact) mass is 327 g/mol. The minimum atomic E-state index is -0.00508. The van der Waals surface area contributed by atoms with Gasteiger partial charge < -0.3 is 20.7 Å². The van der Waals surface area contributed by atoms with Crippen LogP contribution in [0.1, 0.15) is 17.2 Å². The third-order valence-electron chi connectivity index (χ3n) is 3.94. The van der Waals surface area contributed by atoms with Crippen LogP contribution in [0.4, 0.5) is 5.69 Å². The SMILES string of the molecule is COc1cccc(C(CNC(=O)Cc2ccc(N)cc2)N(C)C)c1. The van der Waals surface area contributed by atoms with Gasteiger partial charge in [0.05, 0.1) is 19.6 Å². The Balaban J connectivity index is 1.98. The lowest BCUT2D eigenvalue weighted by molar-refractivity contribution is -0.120. The van der Waals surface area contributed by atoms with Crippen LogP contribution in [-0.2, 0) is 11.2 Å². The molecular weight excluding hydrogens is 302 g/mol. The summed E-state index contributed by atoms with van der Waals surface area (Å²) in [4.78, 5) is 14.3. The topological polar surface area (TPSA) is 67.6 Å². The molecule has 1 amide bonds. The van der Waals surface area contributed by atoms with E-state index in [4.69, 9.17) is 10.5 Å². The standard InChI is InChI=1S/C19H25N3O2/c1-22(2)18(15-5-4-6-17(12-15)24-3)13-21-19(23)11-14-7-9-16(20)10-8-14/h4-10,12,18H,11,13,20H2,1-3H3,(H,21,23). The molecule has 2 aromatic carbocycles. The number of anilines is 1. The van der Waals surface area contributed by atoms with Crippen LogP contribution in [0.3, 0.4) is 0 Å². The second-order valence-electron chi connectivity index (χ2n) is 5.98. The highest BCUT2D eigenvalue weighted by Crippen LogP contribution is 2.22. The predicted octanol–water partition coefficient (Wildman–Crippen LogP) is 2.24. The molecule has 0 fully saturated rings. The molecule has 0 aliphatic heterocycles. The Labute approximate surface area is 143 Å². The maximum absolute atomic E-state index is 12.2. The number of carbonyl (C=O) groups excluding carboxylic acids is 1. The van der Waals surface area contributed by atoms with Gasteiger partial charge in [-0.25, -0.2) is 0 Å². The van der Waals surface area contributed by atoms with Crippen LogP contribution in [-0.4, -0.2) is 38.6 Å². The van der Waals surface area contributed by atoms with E-state index in [2.05, 4.69) is 10.2 Å². The first kappa shape index (κ1) is 17.8. The van der Waals surface area contributed by atoms with Crippen LogP contribution >= 0.6 is 0 Å². The number of hydrogen-bond donors (Lipinski definition) is 2. The fraction of sp³-hybridized carbons (Fsp3) is 0.316. The molecule has 0 saturated heterocycles. The minimum absolute atomic E-state index is 0.00508. The largest absolute Gasteiger partial charge is 0.497 e. The third-order valence-corrected chi connectivity index (χ3v) is 3.94. The van der Waals surface area contributed by atoms with Gasteiger partial charge in [-0.2, -0.15) is 0 Å². The van der Waals surface area contributed by atoms with Crippen molar-refractivity contribution in [2.45, 2.75) is 12.5 Å². The van der Waals surface area contributed by atoms with Crippen molar-refractivity contribution in [2.75, 3.05) is 33.5 Å². The molecule has 5 nitrogen and oxygen atoms in total. The van der Waals surface area contributed by atoms with E-state index >= 15 is 0 Å². The summed E-state index contributed by atoms with van der Waals surface area (Å²) >= 11 is 0. The first-order valence-electron chi connectivity index (χ1n) is 7.91. The number of ether oxygens (including phenoxy) is 1. The van der Waals surface area contributed by atoms with Crippen LogP contribution in [0.5, 0.6) is 5.75 Å². The van der Waals surface area contributed by atoms with Gasteiger partial charge in [0.15, 0.2) is 0 Å². The second kappa shape index (κ2) is 8.36. The lowest BCUT2D eigenvalue weighted by Gasteiger charge is -2.25. The maximum atomic E-state index is 12.2. The van der Waals surface area contributed by atoms with E-state index in [9.17, 15) is 4.79 Å². The average Bonchev–Trinajstić information content (AvgIpc) is 2.57. The van der Waals surface area contributed by atoms with Crippen molar-refractivity contribution in [3.8, 4) is 5.75 Å². The molecule has 0 saturated carbocycles. The summed E-state index contributed by atoms with van der Waals surface area (Å²) in [6.07, 6.45) is 0.346. The lowest BCUT2D eigenvalue weighted by Crippen LogP contribution is -2.35. The molecule has 0 radical (unpaired) electrons. The number of nitrogens with one attached hydrogen (secondary N) is 1. The second-order valence-corrected chi connectivity index (χ2v) is 5.98. The molecule has 0 bridgehead atoms. The Morgan fingerprint density at radius 2 is 1.92 bits per heavy atom. The van der Waals surface area contributed by atoms with Crippen LogP contribution in [0.2, 0.25) is 0 Å². The number of carbonyl (C=O) groups is 1. The third kappa shape index (κ3) is 4.99. The van der Waals surface area contributed by atoms with Gasteiger partial charge in [-0.1, -0.05) is 24.3 Å². The molecular formula is C19H25N3O2. The Morgan fingerprint density at radius 1 is 1.21 bits per heavy atom. The van der Waals surface area contributed by atoms with Crippen molar-refractivity contribution in [3.63, 3.8) is 0 Å². The van der Waals surface area contributed by atoms with Gasteiger partial charge in [0.1, 0.15) is 5.75 Å². The van der Waals surface area contributed by atoms with Gasteiger partial charge in [-0.05, 0) is 49.5 Å². The number of nitrogens with two attached hydrogens (primary N) is 1. The van der Waals surface area contributed by atoms with Crippen molar-refractivity contribution in [2.24, 2.45) is 0 Å². The van der Waals surface area contributed by atoms with E-state index in [1.165, 1.54) is 0 Å². The quantitative estimate of drug-likeness (QED) is 0.765. The van der Waals surface area contributed by atoms with E-state index in [1.807, 2.05) is 62.6 Å². The number of benzene rings is 2. The Bertz CT molecular complexity index is 669. The van der Waals surface area contributed by atoms with E-state index in [1.54, 1.807) is 7.11 Å². The van der Waals surface area contributed by atoms with Gasteiger partial charge in [0, 0.05) is 12.2 Å². The molecule has 2 aromatic rings. The molecule has 3 N–H and O–H groups in total. The van der Waals surface area contributed by atoms with Gasteiger partial charge in [-0.3, -0.25) is 4.79 Å². The van der Waals surface area contributed by atoms with Gasteiger partial charge in [-0.15, -0.1) is 0 Å². The zero-order valence-electron chi connectivity index (χ0n) is 14.5. The smallest absolute Gasteiger partial charge is 0.224 e. The Hall–Kier alpha value is -2.53. The normalized spacial score (nSPS) is 12.0. The van der Waals surface area contributed by atoms with Gasteiger partial charge >= 0.3 is 0 Å². The van der Waals surface area contributed by atoms with Crippen LogP contribution in [0.15, 0.2) is 48.5 Å². The van der Waals surface area contributed by atoms with Crippen molar-refractivity contribution in [1.29, 1.82) is 0 Å². The van der Waals surface area contributed by atoms with Gasteiger partial charge in [0.2, 0.25) is 5.91 Å². The number of rotatable bonds is 7. The van der Waals surface area contributed by atoms with E-state index in [0.717, 1.165) is 16.9 Å². The summed E-state index contributed by atoms with van der Waals surface area (Å²) in [5, 5.41) is 3.01. The summed E-state index contributed by atoms with van der Waals surface area (Å²) < 4.78 is 5.28. The first-order valence-corrected chi connectivity index (χ1v) is 7.91. The lowest BCUT2D eigenvalue weighted by atomic mass is 10.1. The van der Waals surface area contributed by atoms with Crippen molar-refractivity contribution < 1.29 is 9.53 Å². The first-order chi connectivity index (χ1) is 11.5. The van der Waals surface area contributed by atoms with E-state index in [0.29, 0.717) is 18.7 Å². The molecule has 1 atom stereocenters. The molecule has 2 rings (SSSR count). The summed E-state index contributed by atoms with van der Waals surface area (Å²) in [5.41, 5.74) is 8.41. The number of methoxy groups -OCH3 is 1. The molecule has 0 spiro atoms. The van der Waals surface area contributed by atoms with E-state index < -0.39 is 0 Å². The fourth-order valence-electron chi connectivity index (χ4n) is 2.54. The molecule has 128 valence electrons. The highest BCUT2D eigenvalue weighted by Gasteiger charge is 2.16. The molecule has 24 heavy (non-hydrogen) atoms. The van der Waals surface area contributed by atoms with Crippen molar-refractivity contribution in [1.82, 2.24) is 10.2 Å². The van der Waals surface area contributed by atoms with Crippen LogP contribution < -0.4 is 15.8 Å². The van der Waals surface area contributed by atoms with Gasteiger partial charge in [0.25, 0.3) is 0 Å². The maximum Gasteiger partial charge on any atom is 0.224 e. The molecule has 0 aliphatic rings. The number of nitrogens with zero attached hydrogens (tertiary/aromatic N) is 1. The molecule has 5 heteroatoms. The molecule has 1 unspecified atom stereocenters. The summed E-state index contributed by atoms with van der Waals surface area (Å²) in [6.45, 7) is 0.536. The number of nitrogen functional groups attached to an aromatic ring is 1. The zero-order valence-corrected chi connectivity index (χ0v) is 14.5. The molecule has 0 heterocycles. The Kier molecular flexibility index (Phi) is 6.21. The van der Waals surface area contributed by atoms with E-state index in [-0.39, 0.29) is 11.9 Å². The average molecular weight is 327 g/mol. The predicted molar refractivity (Wildman–Crippen MR) is 97.0 cm³/mol. The summed E-state index contributed by atoms with van der Waals surface area (Å²) in [6, 6.07) is 15.4. The summed E-state index contributed by atoms with van der Waals surface area (Å²) in [7, 11) is 5.64. The van der Waals surface area contributed by atoms with Crippen molar-refractivity contribution in [3.05, 3.63) is 59.7 Å². The van der Waals surface area contributed by atoms with Crippen LogP contribution in [0.25, 0.3) is 0 Å². The van der Waals surface area contributed by atoms with Crippen LogP contribution in [0, 0.1) is 0 Å². The fourth-order valence-corrected chi connectivity index (χ4v) is 2.54. The Morgan fingerprint density at radius 3 is 2.54 bits per heavy atom. The number of likely N-dealkylation sites (N-methyl/N-ethyl adjacent to an activating group) is 1. The molecule has 0 aromatic heterocycles. The number of amides is 1. The number of hydrogen-bond acceptors (Lipinski definition) is 4. The van der Waals surface area contributed by atoms with Crippen molar-refractivity contribution >= 4 is 11.6 Å². The highest BCUT2D eigenvalue weighted by molar-refractivity contribution is 5.78.